The van der Waals surface area contributed by atoms with E-state index in [0.717, 1.165) is 0 Å². The molecule has 0 bridgehead atoms. The van der Waals surface area contributed by atoms with Crippen LogP contribution in [0.1, 0.15) is 28.6 Å². The predicted molar refractivity (Wildman–Crippen MR) is 78.4 cm³/mol. The smallest absolute Gasteiger partial charge is 0.269 e. The first-order valence-electron chi connectivity index (χ1n) is 6.61. The molecular weight excluding hydrogens is 288 g/mol. The second kappa shape index (κ2) is 5.98. The topological polar surface area (TPSA) is 106 Å². The first kappa shape index (κ1) is 15.7. The second-order valence-corrected chi connectivity index (χ2v) is 5.19. The van der Waals surface area contributed by atoms with Crippen LogP contribution in [0.5, 0.6) is 0 Å². The summed E-state index contributed by atoms with van der Waals surface area (Å²) in [6.45, 7) is 3.09. The summed E-state index contributed by atoms with van der Waals surface area (Å²) in [5.41, 5.74) is -0.602. The van der Waals surface area contributed by atoms with Gasteiger partial charge in [0.25, 0.3) is 11.6 Å². The first-order valence-corrected chi connectivity index (χ1v) is 6.61. The Labute approximate surface area is 126 Å². The minimum absolute atomic E-state index is 0.0459. The van der Waals surface area contributed by atoms with Crippen molar-refractivity contribution in [3.05, 3.63) is 63.6 Å². The standard InChI is InChI=1S/C15H16N2O5/c1-10-8-11(17(20)21)5-6-12(10)14(18)16-9-15(2,19)13-4-3-7-22-13/h3-8,19H,9H2,1-2H3,(H,16,18). The normalized spacial score (nSPS) is 13.4. The summed E-state index contributed by atoms with van der Waals surface area (Å²) in [5.74, 6) is -0.0764. The van der Waals surface area contributed by atoms with Crippen molar-refractivity contribution >= 4 is 11.6 Å². The molecule has 1 amide bonds. The van der Waals surface area contributed by atoms with Crippen molar-refractivity contribution in [3.63, 3.8) is 0 Å². The van der Waals surface area contributed by atoms with Gasteiger partial charge in [0, 0.05) is 17.7 Å². The van der Waals surface area contributed by atoms with Crippen LogP contribution < -0.4 is 5.32 Å². The molecule has 1 aromatic heterocycles. The molecule has 0 aliphatic carbocycles. The largest absolute Gasteiger partial charge is 0.466 e. The molecule has 0 fully saturated rings. The van der Waals surface area contributed by atoms with E-state index >= 15 is 0 Å². The highest BCUT2D eigenvalue weighted by molar-refractivity contribution is 5.95. The third-order valence-electron chi connectivity index (χ3n) is 3.31. The van der Waals surface area contributed by atoms with Gasteiger partial charge in [-0.15, -0.1) is 0 Å². The molecule has 2 aromatic rings. The number of hydrogen-bond donors (Lipinski definition) is 2. The number of aliphatic hydroxyl groups is 1. The molecule has 1 atom stereocenters. The number of aryl methyl sites for hydroxylation is 1. The maximum Gasteiger partial charge on any atom is 0.269 e. The Bertz CT molecular complexity index is 692. The minimum Gasteiger partial charge on any atom is -0.466 e. The number of carbonyl (C=O) groups excluding carboxylic acids is 1. The number of nitrogens with zero attached hydrogens (tertiary/aromatic N) is 1. The first-order chi connectivity index (χ1) is 10.3. The summed E-state index contributed by atoms with van der Waals surface area (Å²) < 4.78 is 5.13. The lowest BCUT2D eigenvalue weighted by Crippen LogP contribution is -2.38. The van der Waals surface area contributed by atoms with Gasteiger partial charge in [0.1, 0.15) is 11.4 Å². The van der Waals surface area contributed by atoms with Crippen LogP contribution in [0.3, 0.4) is 0 Å². The maximum atomic E-state index is 12.1. The average molecular weight is 304 g/mol. The van der Waals surface area contributed by atoms with E-state index in [0.29, 0.717) is 16.9 Å². The van der Waals surface area contributed by atoms with E-state index in [2.05, 4.69) is 5.32 Å². The lowest BCUT2D eigenvalue weighted by Gasteiger charge is -2.21. The molecule has 1 heterocycles. The predicted octanol–water partition coefficient (Wildman–Crippen LogP) is 2.13. The van der Waals surface area contributed by atoms with E-state index in [1.54, 1.807) is 19.1 Å². The van der Waals surface area contributed by atoms with Crippen LogP contribution in [0.2, 0.25) is 0 Å². The summed E-state index contributed by atoms with van der Waals surface area (Å²) >= 11 is 0. The number of rotatable bonds is 5. The van der Waals surface area contributed by atoms with Crippen LogP contribution in [0, 0.1) is 17.0 Å². The SMILES string of the molecule is Cc1cc([N+](=O)[O-])ccc1C(=O)NCC(C)(O)c1ccco1. The van der Waals surface area contributed by atoms with Gasteiger partial charge in [-0.3, -0.25) is 14.9 Å². The number of furan rings is 1. The van der Waals surface area contributed by atoms with E-state index in [4.69, 9.17) is 4.42 Å². The Balaban J connectivity index is 2.08. The molecule has 116 valence electrons. The van der Waals surface area contributed by atoms with Gasteiger partial charge in [0.15, 0.2) is 0 Å². The van der Waals surface area contributed by atoms with E-state index in [1.165, 1.54) is 31.4 Å². The number of nitro benzene ring substituents is 1. The van der Waals surface area contributed by atoms with Crippen molar-refractivity contribution < 1.29 is 19.2 Å². The lowest BCUT2D eigenvalue weighted by atomic mass is 10.0. The van der Waals surface area contributed by atoms with E-state index in [1.807, 2.05) is 0 Å². The Morgan fingerprint density at radius 1 is 1.45 bits per heavy atom. The molecule has 0 aliphatic heterocycles. The highest BCUT2D eigenvalue weighted by Crippen LogP contribution is 2.21. The molecular formula is C15H16N2O5. The third kappa shape index (κ3) is 3.32. The Morgan fingerprint density at radius 2 is 2.18 bits per heavy atom. The number of nitro groups is 1. The molecule has 1 aromatic carbocycles. The molecule has 7 nitrogen and oxygen atoms in total. The van der Waals surface area contributed by atoms with Gasteiger partial charge < -0.3 is 14.8 Å². The van der Waals surface area contributed by atoms with Crippen LogP contribution in [0.15, 0.2) is 41.0 Å². The number of hydrogen-bond acceptors (Lipinski definition) is 5. The van der Waals surface area contributed by atoms with E-state index in [9.17, 15) is 20.0 Å². The van der Waals surface area contributed by atoms with E-state index < -0.39 is 16.4 Å². The Morgan fingerprint density at radius 3 is 2.73 bits per heavy atom. The van der Waals surface area contributed by atoms with Gasteiger partial charge >= 0.3 is 0 Å². The summed E-state index contributed by atoms with van der Waals surface area (Å²) in [6, 6.07) is 7.26. The van der Waals surface area contributed by atoms with Gasteiger partial charge in [0.2, 0.25) is 0 Å². The van der Waals surface area contributed by atoms with Crippen LogP contribution >= 0.6 is 0 Å². The van der Waals surface area contributed by atoms with Crippen LogP contribution in [0.25, 0.3) is 0 Å². The summed E-state index contributed by atoms with van der Waals surface area (Å²) in [6.07, 6.45) is 1.44. The molecule has 0 saturated carbocycles. The number of carbonyl (C=O) groups is 1. The van der Waals surface area contributed by atoms with Crippen LogP contribution in [-0.4, -0.2) is 22.5 Å². The molecule has 22 heavy (non-hydrogen) atoms. The fourth-order valence-corrected chi connectivity index (χ4v) is 2.04. The molecule has 2 rings (SSSR count). The minimum atomic E-state index is -1.34. The summed E-state index contributed by atoms with van der Waals surface area (Å²) in [7, 11) is 0. The van der Waals surface area contributed by atoms with Crippen molar-refractivity contribution in [3.8, 4) is 0 Å². The zero-order chi connectivity index (χ0) is 16.3. The zero-order valence-corrected chi connectivity index (χ0v) is 12.2. The average Bonchev–Trinajstić information content (AvgIpc) is 2.99. The van der Waals surface area contributed by atoms with Gasteiger partial charge in [-0.1, -0.05) is 0 Å². The molecule has 0 saturated heterocycles. The molecule has 2 N–H and O–H groups in total. The maximum absolute atomic E-state index is 12.1. The zero-order valence-electron chi connectivity index (χ0n) is 12.2. The fourth-order valence-electron chi connectivity index (χ4n) is 2.04. The fraction of sp³-hybridized carbons (Fsp3) is 0.267. The van der Waals surface area contributed by atoms with Gasteiger partial charge in [-0.05, 0) is 37.6 Å². The highest BCUT2D eigenvalue weighted by Gasteiger charge is 2.27. The van der Waals surface area contributed by atoms with Crippen molar-refractivity contribution in [2.75, 3.05) is 6.54 Å². The van der Waals surface area contributed by atoms with Crippen LogP contribution in [0.4, 0.5) is 5.69 Å². The molecule has 1 unspecified atom stereocenters. The van der Waals surface area contributed by atoms with E-state index in [-0.39, 0.29) is 12.2 Å². The van der Waals surface area contributed by atoms with Gasteiger partial charge in [0.05, 0.1) is 17.7 Å². The number of amides is 1. The summed E-state index contributed by atoms with van der Waals surface area (Å²) in [4.78, 5) is 22.3. The van der Waals surface area contributed by atoms with Crippen molar-refractivity contribution in [1.82, 2.24) is 5.32 Å². The summed E-state index contributed by atoms with van der Waals surface area (Å²) in [5, 5.41) is 23.5. The quantitative estimate of drug-likeness (QED) is 0.650. The number of benzene rings is 1. The molecule has 0 spiro atoms. The monoisotopic (exact) mass is 304 g/mol. The lowest BCUT2D eigenvalue weighted by molar-refractivity contribution is -0.384. The number of non-ortho nitro benzene ring substituents is 1. The Kier molecular flexibility index (Phi) is 4.27. The van der Waals surface area contributed by atoms with Crippen molar-refractivity contribution in [1.29, 1.82) is 0 Å². The molecule has 0 radical (unpaired) electrons. The van der Waals surface area contributed by atoms with Crippen molar-refractivity contribution in [2.24, 2.45) is 0 Å². The highest BCUT2D eigenvalue weighted by atomic mass is 16.6. The second-order valence-electron chi connectivity index (χ2n) is 5.19. The molecule has 7 heteroatoms. The van der Waals surface area contributed by atoms with Gasteiger partial charge in [-0.25, -0.2) is 0 Å². The third-order valence-corrected chi connectivity index (χ3v) is 3.31. The van der Waals surface area contributed by atoms with Crippen molar-refractivity contribution in [2.45, 2.75) is 19.4 Å². The number of nitrogens with one attached hydrogen (secondary N) is 1. The molecule has 0 aliphatic rings. The van der Waals surface area contributed by atoms with Crippen LogP contribution in [-0.2, 0) is 5.60 Å². The Hall–Kier alpha value is -2.67. The van der Waals surface area contributed by atoms with Gasteiger partial charge in [-0.2, -0.15) is 0 Å².